The lowest BCUT2D eigenvalue weighted by atomic mass is 9.68. The summed E-state index contributed by atoms with van der Waals surface area (Å²) in [5.41, 5.74) is 6.18. The molecule has 1 aliphatic carbocycles. The minimum absolute atomic E-state index is 0.0958. The van der Waals surface area contributed by atoms with Crippen LogP contribution >= 0.6 is 0 Å². The van der Waals surface area contributed by atoms with Gasteiger partial charge in [-0.1, -0.05) is 19.3 Å². The smallest absolute Gasteiger partial charge is 0.251 e. The average molecular weight is 280 g/mol. The SMILES string of the molecule is NC[C@H]1CC[C@@H](C(=O)N2CCC3(CCCCC3)CC2)O1. The molecule has 0 unspecified atom stereocenters. The number of piperidine rings is 1. The third-order valence-corrected chi connectivity index (χ3v) is 5.70. The predicted octanol–water partition coefficient (Wildman–Crippen LogP) is 2.07. The molecular weight excluding hydrogens is 252 g/mol. The van der Waals surface area contributed by atoms with E-state index in [1.807, 2.05) is 4.90 Å². The van der Waals surface area contributed by atoms with E-state index < -0.39 is 0 Å². The van der Waals surface area contributed by atoms with Gasteiger partial charge in [-0.15, -0.1) is 0 Å². The van der Waals surface area contributed by atoms with Gasteiger partial charge in [-0.05, 0) is 43.9 Å². The van der Waals surface area contributed by atoms with Gasteiger partial charge in [-0.2, -0.15) is 0 Å². The van der Waals surface area contributed by atoms with E-state index in [4.69, 9.17) is 10.5 Å². The summed E-state index contributed by atoms with van der Waals surface area (Å²) in [4.78, 5) is 14.5. The Morgan fingerprint density at radius 2 is 1.80 bits per heavy atom. The highest BCUT2D eigenvalue weighted by molar-refractivity contribution is 5.81. The van der Waals surface area contributed by atoms with E-state index in [9.17, 15) is 4.79 Å². The lowest BCUT2D eigenvalue weighted by Gasteiger charge is -2.44. The first-order valence-electron chi connectivity index (χ1n) is 8.37. The molecule has 4 nitrogen and oxygen atoms in total. The molecule has 2 atom stereocenters. The van der Waals surface area contributed by atoms with Gasteiger partial charge in [-0.25, -0.2) is 0 Å². The van der Waals surface area contributed by atoms with Crippen molar-refractivity contribution in [2.75, 3.05) is 19.6 Å². The van der Waals surface area contributed by atoms with Crippen molar-refractivity contribution in [3.05, 3.63) is 0 Å². The van der Waals surface area contributed by atoms with Crippen LogP contribution in [0, 0.1) is 5.41 Å². The summed E-state index contributed by atoms with van der Waals surface area (Å²) >= 11 is 0. The molecule has 0 radical (unpaired) electrons. The first-order valence-corrected chi connectivity index (χ1v) is 8.37. The maximum atomic E-state index is 12.5. The molecule has 0 aromatic carbocycles. The van der Waals surface area contributed by atoms with E-state index in [2.05, 4.69) is 0 Å². The second kappa shape index (κ2) is 6.02. The van der Waals surface area contributed by atoms with Gasteiger partial charge < -0.3 is 15.4 Å². The average Bonchev–Trinajstić information content (AvgIpc) is 2.97. The van der Waals surface area contributed by atoms with E-state index in [1.165, 1.54) is 44.9 Å². The van der Waals surface area contributed by atoms with Crippen molar-refractivity contribution in [1.82, 2.24) is 4.90 Å². The van der Waals surface area contributed by atoms with E-state index in [0.29, 0.717) is 12.0 Å². The Kier molecular flexibility index (Phi) is 4.32. The highest BCUT2D eigenvalue weighted by Gasteiger charge is 2.39. The zero-order valence-electron chi connectivity index (χ0n) is 12.5. The summed E-state index contributed by atoms with van der Waals surface area (Å²) < 4.78 is 5.75. The number of hydrogen-bond acceptors (Lipinski definition) is 3. The van der Waals surface area contributed by atoms with Gasteiger partial charge in [0.2, 0.25) is 0 Å². The number of nitrogens with two attached hydrogens (primary N) is 1. The van der Waals surface area contributed by atoms with Crippen LogP contribution in [0.2, 0.25) is 0 Å². The third-order valence-electron chi connectivity index (χ3n) is 5.70. The molecule has 20 heavy (non-hydrogen) atoms. The van der Waals surface area contributed by atoms with Gasteiger partial charge in [0, 0.05) is 19.6 Å². The molecule has 114 valence electrons. The van der Waals surface area contributed by atoms with Gasteiger partial charge in [0.15, 0.2) is 0 Å². The minimum atomic E-state index is -0.219. The zero-order valence-corrected chi connectivity index (χ0v) is 12.5. The van der Waals surface area contributed by atoms with Crippen LogP contribution in [0.3, 0.4) is 0 Å². The molecule has 3 aliphatic rings. The summed E-state index contributed by atoms with van der Waals surface area (Å²) in [6, 6.07) is 0. The van der Waals surface area contributed by atoms with Crippen molar-refractivity contribution >= 4 is 5.91 Å². The fourth-order valence-corrected chi connectivity index (χ4v) is 4.27. The Morgan fingerprint density at radius 3 is 2.40 bits per heavy atom. The largest absolute Gasteiger partial charge is 0.364 e. The van der Waals surface area contributed by atoms with Crippen LogP contribution in [0.15, 0.2) is 0 Å². The molecule has 0 aromatic rings. The Balaban J connectivity index is 1.51. The van der Waals surface area contributed by atoms with Crippen molar-refractivity contribution in [2.45, 2.75) is 70.0 Å². The third kappa shape index (κ3) is 2.86. The maximum absolute atomic E-state index is 12.5. The monoisotopic (exact) mass is 280 g/mol. The molecule has 2 aliphatic heterocycles. The number of ether oxygens (including phenoxy) is 1. The molecule has 1 amide bonds. The molecule has 3 rings (SSSR count). The van der Waals surface area contributed by atoms with E-state index in [1.54, 1.807) is 0 Å². The van der Waals surface area contributed by atoms with Crippen molar-refractivity contribution in [3.63, 3.8) is 0 Å². The normalized spacial score (nSPS) is 33.5. The number of hydrogen-bond donors (Lipinski definition) is 1. The van der Waals surface area contributed by atoms with Gasteiger partial charge in [-0.3, -0.25) is 4.79 Å². The first-order chi connectivity index (χ1) is 9.72. The second-order valence-corrected chi connectivity index (χ2v) is 6.95. The van der Waals surface area contributed by atoms with Crippen molar-refractivity contribution in [3.8, 4) is 0 Å². The fourth-order valence-electron chi connectivity index (χ4n) is 4.27. The van der Waals surface area contributed by atoms with Gasteiger partial charge in [0.05, 0.1) is 6.10 Å². The van der Waals surface area contributed by atoms with Crippen LogP contribution in [0.1, 0.15) is 57.8 Å². The van der Waals surface area contributed by atoms with Crippen LogP contribution in [-0.2, 0) is 9.53 Å². The highest BCUT2D eigenvalue weighted by atomic mass is 16.5. The number of carbonyl (C=O) groups is 1. The van der Waals surface area contributed by atoms with Crippen LogP contribution in [0.25, 0.3) is 0 Å². The van der Waals surface area contributed by atoms with E-state index >= 15 is 0 Å². The first kappa shape index (κ1) is 14.3. The minimum Gasteiger partial charge on any atom is -0.364 e. The van der Waals surface area contributed by atoms with Gasteiger partial charge >= 0.3 is 0 Å². The van der Waals surface area contributed by atoms with E-state index in [-0.39, 0.29) is 18.1 Å². The van der Waals surface area contributed by atoms with E-state index in [0.717, 1.165) is 25.9 Å². The zero-order chi connectivity index (χ0) is 14.0. The van der Waals surface area contributed by atoms with Crippen LogP contribution in [-0.4, -0.2) is 42.6 Å². The number of likely N-dealkylation sites (tertiary alicyclic amines) is 1. The summed E-state index contributed by atoms with van der Waals surface area (Å²) in [7, 11) is 0. The Hall–Kier alpha value is -0.610. The lowest BCUT2D eigenvalue weighted by Crippen LogP contribution is -2.47. The molecule has 2 heterocycles. The Morgan fingerprint density at radius 1 is 1.10 bits per heavy atom. The highest BCUT2D eigenvalue weighted by Crippen LogP contribution is 2.44. The van der Waals surface area contributed by atoms with Crippen LogP contribution in [0.4, 0.5) is 0 Å². The van der Waals surface area contributed by atoms with Crippen molar-refractivity contribution < 1.29 is 9.53 Å². The molecule has 3 fully saturated rings. The molecule has 2 saturated heterocycles. The topological polar surface area (TPSA) is 55.6 Å². The Labute approximate surface area is 122 Å². The fraction of sp³-hybridized carbons (Fsp3) is 0.938. The number of amides is 1. The summed E-state index contributed by atoms with van der Waals surface area (Å²) in [5, 5.41) is 0. The number of nitrogens with zero attached hydrogens (tertiary/aromatic N) is 1. The van der Waals surface area contributed by atoms with Crippen LogP contribution in [0.5, 0.6) is 0 Å². The molecule has 0 aromatic heterocycles. The van der Waals surface area contributed by atoms with Crippen molar-refractivity contribution in [2.24, 2.45) is 11.1 Å². The molecule has 1 saturated carbocycles. The predicted molar refractivity (Wildman–Crippen MR) is 78.3 cm³/mol. The molecule has 2 N–H and O–H groups in total. The summed E-state index contributed by atoms with van der Waals surface area (Å²) in [6.07, 6.45) is 11.0. The standard InChI is InChI=1S/C16H28N2O2/c17-12-13-4-5-14(20-13)15(19)18-10-8-16(9-11-18)6-2-1-3-7-16/h13-14H,1-12,17H2/t13-,14+/m1/s1. The maximum Gasteiger partial charge on any atom is 0.251 e. The Bertz CT molecular complexity index is 342. The molecule has 4 heteroatoms. The van der Waals surface area contributed by atoms with Gasteiger partial charge in [0.25, 0.3) is 5.91 Å². The molecule has 1 spiro atoms. The summed E-state index contributed by atoms with van der Waals surface area (Å²) in [6.45, 7) is 2.41. The lowest BCUT2D eigenvalue weighted by molar-refractivity contribution is -0.145. The molecule has 0 bridgehead atoms. The number of carbonyl (C=O) groups excluding carboxylic acids is 1. The van der Waals surface area contributed by atoms with Crippen LogP contribution < -0.4 is 5.73 Å². The quantitative estimate of drug-likeness (QED) is 0.842. The second-order valence-electron chi connectivity index (χ2n) is 6.95. The molecular formula is C16H28N2O2. The van der Waals surface area contributed by atoms with Crippen molar-refractivity contribution in [1.29, 1.82) is 0 Å². The number of rotatable bonds is 2. The summed E-state index contributed by atoms with van der Waals surface area (Å²) in [5.74, 6) is 0.214. The van der Waals surface area contributed by atoms with Gasteiger partial charge in [0.1, 0.15) is 6.10 Å².